The van der Waals surface area contributed by atoms with E-state index in [0.717, 1.165) is 12.8 Å². The molecule has 0 saturated carbocycles. The summed E-state index contributed by atoms with van der Waals surface area (Å²) in [5.41, 5.74) is 8.80. The van der Waals surface area contributed by atoms with Gasteiger partial charge in [-0.2, -0.15) is 0 Å². The molecule has 0 bridgehead atoms. The molecule has 0 heterocycles. The predicted octanol–water partition coefficient (Wildman–Crippen LogP) is 4.41. The van der Waals surface area contributed by atoms with Gasteiger partial charge in [0.1, 0.15) is 0 Å². The number of aryl methyl sites for hydroxylation is 1. The summed E-state index contributed by atoms with van der Waals surface area (Å²) < 4.78 is 0. The van der Waals surface area contributed by atoms with Gasteiger partial charge in [-0.15, -0.1) is 11.8 Å². The van der Waals surface area contributed by atoms with Crippen molar-refractivity contribution in [3.8, 4) is 0 Å². The van der Waals surface area contributed by atoms with E-state index in [1.807, 2.05) is 11.8 Å². The molecule has 1 nitrogen and oxygen atoms in total. The molecule has 0 amide bonds. The maximum atomic E-state index is 6.03. The Morgan fingerprint density at radius 2 is 1.89 bits per heavy atom. The summed E-state index contributed by atoms with van der Waals surface area (Å²) in [5, 5.41) is 0.660. The molecule has 0 fully saturated rings. The summed E-state index contributed by atoms with van der Waals surface area (Å²) in [6, 6.07) is 7.09. The Kier molecular flexibility index (Phi) is 6.24. The molecule has 2 atom stereocenters. The molecule has 2 heteroatoms. The molecule has 0 saturated heterocycles. The topological polar surface area (TPSA) is 26.0 Å². The van der Waals surface area contributed by atoms with Crippen LogP contribution in [0.4, 0.5) is 0 Å². The molecule has 0 aliphatic heterocycles. The quantitative estimate of drug-likeness (QED) is 0.771. The highest BCUT2D eigenvalue weighted by Gasteiger charge is 2.10. The van der Waals surface area contributed by atoms with Crippen molar-refractivity contribution in [1.82, 2.24) is 0 Å². The number of thioether (sulfide) groups is 1. The first-order chi connectivity index (χ1) is 8.43. The fourth-order valence-electron chi connectivity index (χ4n) is 1.75. The van der Waals surface area contributed by atoms with E-state index in [1.54, 1.807) is 0 Å². The van der Waals surface area contributed by atoms with Crippen molar-refractivity contribution in [2.75, 3.05) is 0 Å². The van der Waals surface area contributed by atoms with E-state index in [-0.39, 0.29) is 6.04 Å². The monoisotopic (exact) mass is 265 g/mol. The van der Waals surface area contributed by atoms with Crippen LogP contribution in [0.1, 0.15) is 45.2 Å². The first kappa shape index (κ1) is 15.6. The fraction of sp³-hybridized carbons (Fsp3) is 0.625. The zero-order valence-corrected chi connectivity index (χ0v) is 13.2. The molecule has 0 spiro atoms. The molecule has 2 unspecified atom stereocenters. The Morgan fingerprint density at radius 1 is 1.22 bits per heavy atom. The van der Waals surface area contributed by atoms with Gasteiger partial charge in [-0.3, -0.25) is 0 Å². The van der Waals surface area contributed by atoms with Crippen LogP contribution in [0.15, 0.2) is 23.1 Å². The number of nitrogens with two attached hydrogens (primary N) is 1. The summed E-state index contributed by atoms with van der Waals surface area (Å²) >= 11 is 1.97. The van der Waals surface area contributed by atoms with Gasteiger partial charge < -0.3 is 5.73 Å². The van der Waals surface area contributed by atoms with Gasteiger partial charge in [0.15, 0.2) is 0 Å². The minimum absolute atomic E-state index is 0.289. The van der Waals surface area contributed by atoms with Crippen LogP contribution in [0.25, 0.3) is 0 Å². The van der Waals surface area contributed by atoms with Crippen LogP contribution in [0, 0.1) is 12.8 Å². The van der Waals surface area contributed by atoms with Crippen molar-refractivity contribution in [2.24, 2.45) is 11.7 Å². The Labute approximate surface area is 117 Å². The fourth-order valence-corrected chi connectivity index (χ4v) is 2.84. The standard InChI is InChI=1S/C16H27NS/c1-6-15(17)10-14-7-8-16(9-12(14)4)18-13(5)11(2)3/h7-9,11,13,15H,6,10,17H2,1-5H3. The number of benzene rings is 1. The molecule has 1 aromatic rings. The summed E-state index contributed by atoms with van der Waals surface area (Å²) in [4.78, 5) is 1.38. The third-order valence-electron chi connectivity index (χ3n) is 3.58. The van der Waals surface area contributed by atoms with Crippen LogP contribution in [-0.2, 0) is 6.42 Å². The van der Waals surface area contributed by atoms with Crippen LogP contribution in [0.5, 0.6) is 0 Å². The first-order valence-electron chi connectivity index (χ1n) is 6.95. The van der Waals surface area contributed by atoms with Crippen LogP contribution in [0.2, 0.25) is 0 Å². The maximum absolute atomic E-state index is 6.03. The second kappa shape index (κ2) is 7.20. The lowest BCUT2D eigenvalue weighted by Gasteiger charge is -2.17. The predicted molar refractivity (Wildman–Crippen MR) is 83.3 cm³/mol. The third kappa shape index (κ3) is 4.66. The summed E-state index contributed by atoms with van der Waals surface area (Å²) in [6.45, 7) is 11.2. The van der Waals surface area contributed by atoms with Crippen LogP contribution in [-0.4, -0.2) is 11.3 Å². The van der Waals surface area contributed by atoms with Gasteiger partial charge in [-0.05, 0) is 48.9 Å². The lowest BCUT2D eigenvalue weighted by atomic mass is 10.0. The van der Waals surface area contributed by atoms with Crippen LogP contribution >= 0.6 is 11.8 Å². The average molecular weight is 265 g/mol. The van der Waals surface area contributed by atoms with Gasteiger partial charge in [0.05, 0.1) is 0 Å². The highest BCUT2D eigenvalue weighted by atomic mass is 32.2. The summed E-state index contributed by atoms with van der Waals surface area (Å²) in [6.07, 6.45) is 2.04. The SMILES string of the molecule is CCC(N)Cc1ccc(SC(C)C(C)C)cc1C. The Bertz CT molecular complexity index is 373. The van der Waals surface area contributed by atoms with Crippen molar-refractivity contribution < 1.29 is 0 Å². The zero-order chi connectivity index (χ0) is 13.7. The largest absolute Gasteiger partial charge is 0.327 e. The second-order valence-corrected chi connectivity index (χ2v) is 6.98. The third-order valence-corrected chi connectivity index (χ3v) is 5.02. The number of hydrogen-bond donors (Lipinski definition) is 1. The van der Waals surface area contributed by atoms with Crippen molar-refractivity contribution in [1.29, 1.82) is 0 Å². The van der Waals surface area contributed by atoms with E-state index in [0.29, 0.717) is 11.2 Å². The molecule has 1 rings (SSSR count). The lowest BCUT2D eigenvalue weighted by molar-refractivity contribution is 0.641. The molecule has 102 valence electrons. The minimum atomic E-state index is 0.289. The van der Waals surface area contributed by atoms with Crippen molar-refractivity contribution in [3.05, 3.63) is 29.3 Å². The first-order valence-corrected chi connectivity index (χ1v) is 7.83. The smallest absolute Gasteiger partial charge is 0.00890 e. The van der Waals surface area contributed by atoms with Gasteiger partial charge in [0.25, 0.3) is 0 Å². The molecule has 0 radical (unpaired) electrons. The molecule has 0 aliphatic rings. The average Bonchev–Trinajstić information content (AvgIpc) is 2.32. The Balaban J connectivity index is 2.73. The zero-order valence-electron chi connectivity index (χ0n) is 12.4. The van der Waals surface area contributed by atoms with E-state index in [9.17, 15) is 0 Å². The summed E-state index contributed by atoms with van der Waals surface area (Å²) in [5.74, 6) is 0.712. The van der Waals surface area contributed by atoms with E-state index in [4.69, 9.17) is 5.73 Å². The van der Waals surface area contributed by atoms with Gasteiger partial charge >= 0.3 is 0 Å². The maximum Gasteiger partial charge on any atom is 0.00890 e. The van der Waals surface area contributed by atoms with E-state index >= 15 is 0 Å². The molecular weight excluding hydrogens is 238 g/mol. The highest BCUT2D eigenvalue weighted by molar-refractivity contribution is 8.00. The van der Waals surface area contributed by atoms with Crippen molar-refractivity contribution in [2.45, 2.75) is 63.6 Å². The van der Waals surface area contributed by atoms with E-state index in [2.05, 4.69) is 52.8 Å². The number of hydrogen-bond acceptors (Lipinski definition) is 2. The molecule has 18 heavy (non-hydrogen) atoms. The van der Waals surface area contributed by atoms with Crippen molar-refractivity contribution >= 4 is 11.8 Å². The van der Waals surface area contributed by atoms with Gasteiger partial charge in [0, 0.05) is 16.2 Å². The van der Waals surface area contributed by atoms with E-state index in [1.165, 1.54) is 16.0 Å². The molecular formula is C16H27NS. The molecule has 1 aromatic carbocycles. The van der Waals surface area contributed by atoms with Crippen LogP contribution < -0.4 is 5.73 Å². The Hall–Kier alpha value is -0.470. The van der Waals surface area contributed by atoms with Gasteiger partial charge in [-0.1, -0.05) is 33.8 Å². The lowest BCUT2D eigenvalue weighted by Crippen LogP contribution is -2.21. The molecule has 2 N–H and O–H groups in total. The highest BCUT2D eigenvalue weighted by Crippen LogP contribution is 2.29. The second-order valence-electron chi connectivity index (χ2n) is 5.53. The molecule has 0 aromatic heterocycles. The normalized spacial score (nSPS) is 14.8. The van der Waals surface area contributed by atoms with E-state index < -0.39 is 0 Å². The van der Waals surface area contributed by atoms with Crippen molar-refractivity contribution in [3.63, 3.8) is 0 Å². The Morgan fingerprint density at radius 3 is 2.39 bits per heavy atom. The van der Waals surface area contributed by atoms with Gasteiger partial charge in [-0.25, -0.2) is 0 Å². The number of rotatable bonds is 6. The van der Waals surface area contributed by atoms with Gasteiger partial charge in [0.2, 0.25) is 0 Å². The minimum Gasteiger partial charge on any atom is -0.327 e. The molecule has 0 aliphatic carbocycles. The van der Waals surface area contributed by atoms with Crippen LogP contribution in [0.3, 0.4) is 0 Å². The summed E-state index contributed by atoms with van der Waals surface area (Å²) in [7, 11) is 0.